The molecule has 0 spiro atoms. The fourth-order valence-corrected chi connectivity index (χ4v) is 2.11. The Labute approximate surface area is 107 Å². The third-order valence-corrected chi connectivity index (χ3v) is 3.31. The number of aliphatic carboxylic acids is 1. The number of carboxylic acid groups (broad SMARTS) is 1. The molecule has 0 aliphatic heterocycles. The summed E-state index contributed by atoms with van der Waals surface area (Å²) >= 11 is 0. The molecule has 0 aromatic heterocycles. The second-order valence-electron chi connectivity index (χ2n) is 4.82. The molecule has 0 saturated heterocycles. The lowest BCUT2D eigenvalue weighted by Crippen LogP contribution is -2.39. The van der Waals surface area contributed by atoms with Crippen molar-refractivity contribution in [1.82, 2.24) is 0 Å². The molecule has 0 heterocycles. The average Bonchev–Trinajstić information content (AvgIpc) is 2.28. The molecule has 0 aliphatic rings. The standard InChI is InChI=1S/C14H20O4/c1-3-12(13(16)17)14(2,18)9-8-10-4-6-11(15)7-5-10/h4-7,12,15,18H,3,8-9H2,1-2H3,(H,16,17). The van der Waals surface area contributed by atoms with Crippen molar-refractivity contribution in [2.75, 3.05) is 0 Å². The number of aromatic hydroxyl groups is 1. The molecule has 100 valence electrons. The highest BCUT2D eigenvalue weighted by atomic mass is 16.4. The molecule has 0 saturated carbocycles. The Bertz CT molecular complexity index is 395. The zero-order valence-corrected chi connectivity index (χ0v) is 10.8. The van der Waals surface area contributed by atoms with E-state index in [1.165, 1.54) is 0 Å². The van der Waals surface area contributed by atoms with Gasteiger partial charge in [0.1, 0.15) is 5.75 Å². The second-order valence-corrected chi connectivity index (χ2v) is 4.82. The third-order valence-electron chi connectivity index (χ3n) is 3.31. The second kappa shape index (κ2) is 5.87. The minimum absolute atomic E-state index is 0.197. The van der Waals surface area contributed by atoms with Crippen LogP contribution in [0.3, 0.4) is 0 Å². The number of benzene rings is 1. The van der Waals surface area contributed by atoms with Crippen molar-refractivity contribution < 1.29 is 20.1 Å². The Kier molecular flexibility index (Phi) is 4.73. The highest BCUT2D eigenvalue weighted by Crippen LogP contribution is 2.26. The molecule has 18 heavy (non-hydrogen) atoms. The maximum absolute atomic E-state index is 11.0. The van der Waals surface area contributed by atoms with Crippen molar-refractivity contribution in [2.24, 2.45) is 5.92 Å². The lowest BCUT2D eigenvalue weighted by molar-refractivity contribution is -0.151. The van der Waals surface area contributed by atoms with Gasteiger partial charge < -0.3 is 15.3 Å². The van der Waals surface area contributed by atoms with Crippen molar-refractivity contribution >= 4 is 5.97 Å². The van der Waals surface area contributed by atoms with Crippen molar-refractivity contribution in [3.8, 4) is 5.75 Å². The predicted molar refractivity (Wildman–Crippen MR) is 68.5 cm³/mol. The first-order valence-corrected chi connectivity index (χ1v) is 6.10. The average molecular weight is 252 g/mol. The van der Waals surface area contributed by atoms with Gasteiger partial charge in [-0.3, -0.25) is 4.79 Å². The summed E-state index contributed by atoms with van der Waals surface area (Å²) in [6.45, 7) is 3.32. The monoisotopic (exact) mass is 252 g/mol. The first kappa shape index (κ1) is 14.5. The molecule has 2 unspecified atom stereocenters. The van der Waals surface area contributed by atoms with Crippen molar-refractivity contribution in [1.29, 1.82) is 0 Å². The molecule has 0 fully saturated rings. The Hall–Kier alpha value is -1.55. The van der Waals surface area contributed by atoms with Crippen molar-refractivity contribution in [2.45, 2.75) is 38.7 Å². The van der Waals surface area contributed by atoms with Gasteiger partial charge in [0.2, 0.25) is 0 Å². The first-order chi connectivity index (χ1) is 8.36. The van der Waals surface area contributed by atoms with E-state index in [0.717, 1.165) is 5.56 Å². The van der Waals surface area contributed by atoms with Crippen LogP contribution in [0.1, 0.15) is 32.3 Å². The molecule has 0 radical (unpaired) electrons. The number of carboxylic acids is 1. The molecule has 1 aromatic carbocycles. The van der Waals surface area contributed by atoms with Crippen molar-refractivity contribution in [3.05, 3.63) is 29.8 Å². The number of hydrogen-bond acceptors (Lipinski definition) is 3. The van der Waals surface area contributed by atoms with Gasteiger partial charge in [0.05, 0.1) is 11.5 Å². The topological polar surface area (TPSA) is 77.8 Å². The molecule has 1 aromatic rings. The Balaban J connectivity index is 2.65. The van der Waals surface area contributed by atoms with Crippen LogP contribution in [0.5, 0.6) is 5.75 Å². The van der Waals surface area contributed by atoms with Gasteiger partial charge in [-0.15, -0.1) is 0 Å². The third kappa shape index (κ3) is 3.74. The number of phenols is 1. The maximum Gasteiger partial charge on any atom is 0.309 e. The highest BCUT2D eigenvalue weighted by molar-refractivity contribution is 5.71. The number of aliphatic hydroxyl groups is 1. The Morgan fingerprint density at radius 3 is 2.33 bits per heavy atom. The number of phenolic OH excluding ortho intramolecular Hbond substituents is 1. The van der Waals surface area contributed by atoms with E-state index in [1.807, 2.05) is 0 Å². The van der Waals surface area contributed by atoms with E-state index in [-0.39, 0.29) is 5.75 Å². The number of carbonyl (C=O) groups is 1. The van der Waals surface area contributed by atoms with Crippen LogP contribution in [0.15, 0.2) is 24.3 Å². The van der Waals surface area contributed by atoms with E-state index in [2.05, 4.69) is 0 Å². The summed E-state index contributed by atoms with van der Waals surface area (Å²) < 4.78 is 0. The predicted octanol–water partition coefficient (Wildman–Crippen LogP) is 2.19. The van der Waals surface area contributed by atoms with Gasteiger partial charge in [0.25, 0.3) is 0 Å². The van der Waals surface area contributed by atoms with E-state index in [0.29, 0.717) is 19.3 Å². The van der Waals surface area contributed by atoms with Crippen LogP contribution in [-0.4, -0.2) is 26.9 Å². The summed E-state index contributed by atoms with van der Waals surface area (Å²) in [6, 6.07) is 6.71. The molecule has 4 nitrogen and oxygen atoms in total. The van der Waals surface area contributed by atoms with Crippen molar-refractivity contribution in [3.63, 3.8) is 0 Å². The lowest BCUT2D eigenvalue weighted by Gasteiger charge is -2.29. The molecule has 1 rings (SSSR count). The van der Waals surface area contributed by atoms with Crippen LogP contribution < -0.4 is 0 Å². The minimum atomic E-state index is -1.22. The molecule has 3 N–H and O–H groups in total. The molecule has 2 atom stereocenters. The van der Waals surface area contributed by atoms with Gasteiger partial charge in [-0.25, -0.2) is 0 Å². The van der Waals surface area contributed by atoms with Gasteiger partial charge in [0, 0.05) is 0 Å². The Morgan fingerprint density at radius 2 is 1.89 bits per heavy atom. The molecule has 0 aliphatic carbocycles. The molecule has 0 bridgehead atoms. The lowest BCUT2D eigenvalue weighted by atomic mass is 9.82. The zero-order chi connectivity index (χ0) is 13.8. The number of hydrogen-bond donors (Lipinski definition) is 3. The van der Waals surface area contributed by atoms with Gasteiger partial charge in [0.15, 0.2) is 0 Å². The fourth-order valence-electron chi connectivity index (χ4n) is 2.11. The summed E-state index contributed by atoms with van der Waals surface area (Å²) in [4.78, 5) is 11.0. The van der Waals surface area contributed by atoms with E-state index in [9.17, 15) is 9.90 Å². The summed E-state index contributed by atoms with van der Waals surface area (Å²) in [6.07, 6.45) is 1.36. The largest absolute Gasteiger partial charge is 0.508 e. The SMILES string of the molecule is CCC(C(=O)O)C(C)(O)CCc1ccc(O)cc1. The van der Waals surface area contributed by atoms with Crippen LogP contribution in [0.25, 0.3) is 0 Å². The number of rotatable bonds is 6. The van der Waals surface area contributed by atoms with E-state index in [1.54, 1.807) is 38.1 Å². The van der Waals surface area contributed by atoms with Gasteiger partial charge in [-0.1, -0.05) is 19.1 Å². The van der Waals surface area contributed by atoms with Crippen LogP contribution >= 0.6 is 0 Å². The zero-order valence-electron chi connectivity index (χ0n) is 10.8. The van der Waals surface area contributed by atoms with E-state index in [4.69, 9.17) is 10.2 Å². The van der Waals surface area contributed by atoms with E-state index < -0.39 is 17.5 Å². The summed E-state index contributed by atoms with van der Waals surface area (Å²) in [5.41, 5.74) is -0.258. The first-order valence-electron chi connectivity index (χ1n) is 6.10. The quantitative estimate of drug-likeness (QED) is 0.725. The van der Waals surface area contributed by atoms with Crippen LogP contribution in [0.2, 0.25) is 0 Å². The molecule has 4 heteroatoms. The smallest absolute Gasteiger partial charge is 0.309 e. The molecular formula is C14H20O4. The summed E-state index contributed by atoms with van der Waals surface area (Å²) in [5.74, 6) is -1.52. The maximum atomic E-state index is 11.0. The number of aryl methyl sites for hydroxylation is 1. The van der Waals surface area contributed by atoms with Gasteiger partial charge in [-0.05, 0) is 43.9 Å². The fraction of sp³-hybridized carbons (Fsp3) is 0.500. The van der Waals surface area contributed by atoms with Crippen LogP contribution in [0, 0.1) is 5.92 Å². The van der Waals surface area contributed by atoms with Gasteiger partial charge in [-0.2, -0.15) is 0 Å². The van der Waals surface area contributed by atoms with Crippen LogP contribution in [-0.2, 0) is 11.2 Å². The van der Waals surface area contributed by atoms with Gasteiger partial charge >= 0.3 is 5.97 Å². The summed E-state index contributed by atoms with van der Waals surface area (Å²) in [7, 11) is 0. The minimum Gasteiger partial charge on any atom is -0.508 e. The van der Waals surface area contributed by atoms with E-state index >= 15 is 0 Å². The molecule has 0 amide bonds. The summed E-state index contributed by atoms with van der Waals surface area (Å²) in [5, 5.41) is 28.4. The Morgan fingerprint density at radius 1 is 1.33 bits per heavy atom. The molecular weight excluding hydrogens is 232 g/mol. The normalized spacial score (nSPS) is 15.9. The highest BCUT2D eigenvalue weighted by Gasteiger charge is 2.35. The van der Waals surface area contributed by atoms with Crippen LogP contribution in [0.4, 0.5) is 0 Å².